The average molecular weight is 240 g/mol. The average Bonchev–Trinajstić information content (AvgIpc) is 2.25. The van der Waals surface area contributed by atoms with E-state index in [-0.39, 0.29) is 5.92 Å². The van der Waals surface area contributed by atoms with Gasteiger partial charge in [0.1, 0.15) is 0 Å². The lowest BCUT2D eigenvalue weighted by Gasteiger charge is -2.31. The van der Waals surface area contributed by atoms with Gasteiger partial charge in [0.25, 0.3) is 0 Å². The van der Waals surface area contributed by atoms with E-state index in [2.05, 4.69) is 26.1 Å². The first-order valence-electron chi connectivity index (χ1n) is 6.74. The van der Waals surface area contributed by atoms with Gasteiger partial charge in [-0.2, -0.15) is 0 Å². The molecule has 0 aromatic heterocycles. The molecule has 1 aliphatic rings. The van der Waals surface area contributed by atoms with Crippen molar-refractivity contribution in [3.63, 3.8) is 0 Å². The number of carbonyl (C=O) groups is 1. The first kappa shape index (κ1) is 14.5. The molecule has 0 aromatic rings. The predicted octanol–water partition coefficient (Wildman–Crippen LogP) is 2.27. The number of nitrogens with one attached hydrogen (secondary N) is 1. The molecule has 1 fully saturated rings. The normalized spacial score (nSPS) is 25.7. The second-order valence-corrected chi connectivity index (χ2v) is 6.72. The number of hydrogen-bond donors (Lipinski definition) is 1. The third-order valence-electron chi connectivity index (χ3n) is 3.44. The molecule has 0 saturated heterocycles. The fourth-order valence-corrected chi connectivity index (χ4v) is 2.36. The molecule has 1 amide bonds. The summed E-state index contributed by atoms with van der Waals surface area (Å²) in [7, 11) is 3.71. The predicted molar refractivity (Wildman–Crippen MR) is 71.9 cm³/mol. The van der Waals surface area contributed by atoms with Gasteiger partial charge in [-0.3, -0.25) is 4.79 Å². The van der Waals surface area contributed by atoms with Gasteiger partial charge in [0.15, 0.2) is 0 Å². The Bertz CT molecular complexity index is 247. The molecule has 0 aromatic carbocycles. The first-order chi connectivity index (χ1) is 7.79. The number of nitrogens with zero attached hydrogens (tertiary/aromatic N) is 1. The van der Waals surface area contributed by atoms with Crippen molar-refractivity contribution >= 4 is 5.91 Å². The zero-order valence-corrected chi connectivity index (χ0v) is 12.0. The Hall–Kier alpha value is -0.570. The molecule has 1 N–H and O–H groups in total. The van der Waals surface area contributed by atoms with E-state index in [1.807, 2.05) is 14.1 Å². The highest BCUT2D eigenvalue weighted by Gasteiger charge is 2.27. The second-order valence-electron chi connectivity index (χ2n) is 6.72. The molecule has 0 unspecified atom stereocenters. The van der Waals surface area contributed by atoms with Crippen LogP contribution in [-0.4, -0.2) is 37.5 Å². The minimum atomic E-state index is 0.262. The number of carbonyl (C=O) groups excluding carboxylic acids is 1. The van der Waals surface area contributed by atoms with Gasteiger partial charge in [-0.15, -0.1) is 0 Å². The van der Waals surface area contributed by atoms with Crippen LogP contribution in [0.25, 0.3) is 0 Å². The van der Waals surface area contributed by atoms with E-state index in [1.165, 1.54) is 0 Å². The van der Waals surface area contributed by atoms with E-state index < -0.39 is 0 Å². The Morgan fingerprint density at radius 3 is 2.12 bits per heavy atom. The first-order valence-corrected chi connectivity index (χ1v) is 6.74. The molecule has 1 rings (SSSR count). The molecule has 0 bridgehead atoms. The fourth-order valence-electron chi connectivity index (χ4n) is 2.36. The molecule has 0 atom stereocenters. The molecule has 0 radical (unpaired) electrons. The minimum Gasteiger partial charge on any atom is -0.349 e. The van der Waals surface area contributed by atoms with Crippen LogP contribution in [-0.2, 0) is 4.79 Å². The lowest BCUT2D eigenvalue weighted by atomic mass is 9.84. The van der Waals surface area contributed by atoms with Crippen molar-refractivity contribution in [3.8, 4) is 0 Å². The lowest BCUT2D eigenvalue weighted by molar-refractivity contribution is -0.134. The van der Waals surface area contributed by atoms with Crippen molar-refractivity contribution in [2.75, 3.05) is 20.6 Å². The topological polar surface area (TPSA) is 32.3 Å². The molecule has 3 heteroatoms. The molecule has 17 heavy (non-hydrogen) atoms. The Morgan fingerprint density at radius 2 is 1.71 bits per heavy atom. The summed E-state index contributed by atoms with van der Waals surface area (Å²) >= 11 is 0. The van der Waals surface area contributed by atoms with Gasteiger partial charge in [0, 0.05) is 32.6 Å². The zero-order chi connectivity index (χ0) is 13.1. The molecule has 100 valence electrons. The van der Waals surface area contributed by atoms with E-state index in [1.54, 1.807) is 4.90 Å². The summed E-state index contributed by atoms with van der Waals surface area (Å²) in [4.78, 5) is 13.6. The minimum absolute atomic E-state index is 0.262. The van der Waals surface area contributed by atoms with Crippen LogP contribution < -0.4 is 5.32 Å². The van der Waals surface area contributed by atoms with Crippen LogP contribution in [0.1, 0.15) is 46.5 Å². The zero-order valence-electron chi connectivity index (χ0n) is 12.0. The Balaban J connectivity index is 2.29. The molecule has 1 aliphatic carbocycles. The highest BCUT2D eigenvalue weighted by Crippen LogP contribution is 2.26. The van der Waals surface area contributed by atoms with Crippen LogP contribution >= 0.6 is 0 Å². The fraction of sp³-hybridized carbons (Fsp3) is 0.929. The quantitative estimate of drug-likeness (QED) is 0.821. The molecule has 3 nitrogen and oxygen atoms in total. The highest BCUT2D eigenvalue weighted by molar-refractivity contribution is 5.78. The van der Waals surface area contributed by atoms with Gasteiger partial charge in [-0.1, -0.05) is 20.8 Å². The van der Waals surface area contributed by atoms with Gasteiger partial charge in [0.05, 0.1) is 0 Å². The van der Waals surface area contributed by atoms with Crippen molar-refractivity contribution in [1.29, 1.82) is 0 Å². The Kier molecular flexibility index (Phi) is 4.99. The smallest absolute Gasteiger partial charge is 0.225 e. The molecule has 0 spiro atoms. The van der Waals surface area contributed by atoms with Crippen molar-refractivity contribution in [2.45, 2.75) is 52.5 Å². The van der Waals surface area contributed by atoms with Gasteiger partial charge in [0.2, 0.25) is 5.91 Å². The molecule has 0 aliphatic heterocycles. The number of amides is 1. The Labute approximate surface area is 106 Å². The van der Waals surface area contributed by atoms with E-state index in [0.29, 0.717) is 17.4 Å². The lowest BCUT2D eigenvalue weighted by Crippen LogP contribution is -2.40. The third-order valence-corrected chi connectivity index (χ3v) is 3.44. The number of hydrogen-bond acceptors (Lipinski definition) is 2. The van der Waals surface area contributed by atoms with E-state index >= 15 is 0 Å². The summed E-state index contributed by atoms with van der Waals surface area (Å²) in [5.74, 6) is 0.567. The standard InChI is InChI=1S/C14H28N2O/c1-14(2,3)10-15-12-8-6-11(7-9-12)13(17)16(4)5/h11-12,15H,6-10H2,1-5H3. The maximum absolute atomic E-state index is 11.8. The van der Waals surface area contributed by atoms with Crippen LogP contribution in [0, 0.1) is 11.3 Å². The molecule has 0 heterocycles. The molecule has 1 saturated carbocycles. The Morgan fingerprint density at radius 1 is 1.18 bits per heavy atom. The monoisotopic (exact) mass is 240 g/mol. The van der Waals surface area contributed by atoms with E-state index in [9.17, 15) is 4.79 Å². The van der Waals surface area contributed by atoms with Crippen LogP contribution in [0.2, 0.25) is 0 Å². The summed E-state index contributed by atoms with van der Waals surface area (Å²) in [6, 6.07) is 0.612. The highest BCUT2D eigenvalue weighted by atomic mass is 16.2. The molecular weight excluding hydrogens is 212 g/mol. The maximum Gasteiger partial charge on any atom is 0.225 e. The van der Waals surface area contributed by atoms with Gasteiger partial charge < -0.3 is 10.2 Å². The molecular formula is C14H28N2O. The summed E-state index contributed by atoms with van der Waals surface area (Å²) in [5, 5.41) is 3.63. The SMILES string of the molecule is CN(C)C(=O)C1CCC(NCC(C)(C)C)CC1. The van der Waals surface area contributed by atoms with Gasteiger partial charge in [-0.25, -0.2) is 0 Å². The van der Waals surface area contributed by atoms with Crippen LogP contribution in [0.4, 0.5) is 0 Å². The maximum atomic E-state index is 11.8. The van der Waals surface area contributed by atoms with Gasteiger partial charge >= 0.3 is 0 Å². The van der Waals surface area contributed by atoms with Gasteiger partial charge in [-0.05, 0) is 31.1 Å². The third kappa shape index (κ3) is 5.07. The van der Waals surface area contributed by atoms with Crippen molar-refractivity contribution < 1.29 is 4.79 Å². The summed E-state index contributed by atoms with van der Waals surface area (Å²) in [6.07, 6.45) is 4.36. The van der Waals surface area contributed by atoms with Crippen LogP contribution in [0.3, 0.4) is 0 Å². The number of rotatable bonds is 3. The van der Waals surface area contributed by atoms with Crippen LogP contribution in [0.15, 0.2) is 0 Å². The van der Waals surface area contributed by atoms with Crippen molar-refractivity contribution in [1.82, 2.24) is 10.2 Å². The van der Waals surface area contributed by atoms with E-state index in [0.717, 1.165) is 32.2 Å². The van der Waals surface area contributed by atoms with E-state index in [4.69, 9.17) is 0 Å². The van der Waals surface area contributed by atoms with Crippen LogP contribution in [0.5, 0.6) is 0 Å². The summed E-state index contributed by atoms with van der Waals surface area (Å²) in [6.45, 7) is 7.81. The summed E-state index contributed by atoms with van der Waals surface area (Å²) in [5.41, 5.74) is 0.344. The summed E-state index contributed by atoms with van der Waals surface area (Å²) < 4.78 is 0. The van der Waals surface area contributed by atoms with Crippen molar-refractivity contribution in [2.24, 2.45) is 11.3 Å². The largest absolute Gasteiger partial charge is 0.349 e. The van der Waals surface area contributed by atoms with Crippen molar-refractivity contribution in [3.05, 3.63) is 0 Å². The second kappa shape index (κ2) is 5.85.